The molecule has 0 saturated carbocycles. The Morgan fingerprint density at radius 1 is 1.47 bits per heavy atom. The lowest BCUT2D eigenvalue weighted by Gasteiger charge is -2.15. The van der Waals surface area contributed by atoms with Crippen molar-refractivity contribution in [3.63, 3.8) is 0 Å². The van der Waals surface area contributed by atoms with Gasteiger partial charge in [-0.2, -0.15) is 0 Å². The van der Waals surface area contributed by atoms with Gasteiger partial charge < -0.3 is 10.6 Å². The minimum Gasteiger partial charge on any atom is -0.397 e. The summed E-state index contributed by atoms with van der Waals surface area (Å²) in [5, 5.41) is 1.15. The van der Waals surface area contributed by atoms with Crippen LogP contribution in [0.4, 0.5) is 10.7 Å². The van der Waals surface area contributed by atoms with Crippen LogP contribution in [0.25, 0.3) is 0 Å². The Labute approximate surface area is 107 Å². The lowest BCUT2D eigenvalue weighted by Crippen LogP contribution is -2.18. The van der Waals surface area contributed by atoms with Crippen LogP contribution >= 0.6 is 11.3 Å². The van der Waals surface area contributed by atoms with E-state index < -0.39 is 0 Å². The zero-order chi connectivity index (χ0) is 12.6. The average Bonchev–Trinajstić information content (AvgIpc) is 2.82. The molecule has 0 amide bonds. The van der Waals surface area contributed by atoms with Crippen LogP contribution in [0.2, 0.25) is 0 Å². The highest BCUT2D eigenvalue weighted by Gasteiger charge is 2.28. The van der Waals surface area contributed by atoms with Crippen molar-refractivity contribution in [3.8, 4) is 0 Å². The second-order valence-electron chi connectivity index (χ2n) is 5.01. The standard InChI is InChI=1S/C13H20N2OS/c1-4-11(16)13-10(14)5-12(17-13)15-6-8(2)9(3)7-15/h5,8-9H,4,6-7,14H2,1-3H3. The molecule has 2 rings (SSSR count). The summed E-state index contributed by atoms with van der Waals surface area (Å²) in [5.74, 6) is 1.58. The maximum atomic E-state index is 11.7. The molecular weight excluding hydrogens is 232 g/mol. The minimum absolute atomic E-state index is 0.152. The van der Waals surface area contributed by atoms with Gasteiger partial charge in [0.15, 0.2) is 5.78 Å². The molecule has 0 aliphatic carbocycles. The molecule has 1 aliphatic rings. The Morgan fingerprint density at radius 2 is 2.06 bits per heavy atom. The fourth-order valence-electron chi connectivity index (χ4n) is 2.24. The molecule has 2 atom stereocenters. The molecule has 2 heterocycles. The number of nitrogens with two attached hydrogens (primary N) is 1. The molecule has 1 saturated heterocycles. The summed E-state index contributed by atoms with van der Waals surface area (Å²) in [7, 11) is 0. The highest BCUT2D eigenvalue weighted by atomic mass is 32.1. The van der Waals surface area contributed by atoms with Gasteiger partial charge in [-0.25, -0.2) is 0 Å². The summed E-state index contributed by atoms with van der Waals surface area (Å²) in [6.07, 6.45) is 0.525. The average molecular weight is 252 g/mol. The molecule has 0 bridgehead atoms. The van der Waals surface area contributed by atoms with Gasteiger partial charge in [0.05, 0.1) is 15.6 Å². The van der Waals surface area contributed by atoms with Crippen molar-refractivity contribution in [1.29, 1.82) is 0 Å². The molecule has 94 valence electrons. The van der Waals surface area contributed by atoms with Crippen molar-refractivity contribution >= 4 is 27.8 Å². The van der Waals surface area contributed by atoms with E-state index >= 15 is 0 Å². The van der Waals surface area contributed by atoms with Gasteiger partial charge in [0, 0.05) is 19.5 Å². The third-order valence-corrected chi connectivity index (χ3v) is 4.87. The number of anilines is 2. The van der Waals surface area contributed by atoms with Gasteiger partial charge in [-0.15, -0.1) is 11.3 Å². The van der Waals surface area contributed by atoms with Gasteiger partial charge in [-0.3, -0.25) is 4.79 Å². The van der Waals surface area contributed by atoms with E-state index in [1.165, 1.54) is 0 Å². The van der Waals surface area contributed by atoms with Crippen LogP contribution in [-0.2, 0) is 0 Å². The number of thiophene rings is 1. The molecule has 1 fully saturated rings. The predicted molar refractivity (Wildman–Crippen MR) is 73.9 cm³/mol. The van der Waals surface area contributed by atoms with Gasteiger partial charge in [-0.1, -0.05) is 20.8 Å². The van der Waals surface area contributed by atoms with Gasteiger partial charge >= 0.3 is 0 Å². The second kappa shape index (κ2) is 4.69. The lowest BCUT2D eigenvalue weighted by molar-refractivity contribution is 0.0993. The van der Waals surface area contributed by atoms with Gasteiger partial charge in [-0.05, 0) is 17.9 Å². The monoisotopic (exact) mass is 252 g/mol. The molecule has 1 aromatic rings. The Hall–Kier alpha value is -1.03. The molecular formula is C13H20N2OS. The number of hydrogen-bond acceptors (Lipinski definition) is 4. The largest absolute Gasteiger partial charge is 0.397 e. The highest BCUT2D eigenvalue weighted by Crippen LogP contribution is 2.36. The number of carbonyl (C=O) groups is 1. The number of nitrogens with zero attached hydrogens (tertiary/aromatic N) is 1. The van der Waals surface area contributed by atoms with E-state index in [9.17, 15) is 4.79 Å². The number of carbonyl (C=O) groups excluding carboxylic acids is 1. The van der Waals surface area contributed by atoms with Crippen molar-refractivity contribution in [2.75, 3.05) is 23.7 Å². The quantitative estimate of drug-likeness (QED) is 0.841. The van der Waals surface area contributed by atoms with E-state index in [0.29, 0.717) is 23.9 Å². The first kappa shape index (κ1) is 12.4. The van der Waals surface area contributed by atoms with Crippen molar-refractivity contribution < 1.29 is 4.79 Å². The fourth-order valence-corrected chi connectivity index (χ4v) is 3.34. The third kappa shape index (κ3) is 2.32. The molecule has 3 nitrogen and oxygen atoms in total. The predicted octanol–water partition coefficient (Wildman–Crippen LogP) is 3.02. The Kier molecular flexibility index (Phi) is 3.43. The normalized spacial score (nSPS) is 24.3. The Bertz CT molecular complexity index is 417. The summed E-state index contributed by atoms with van der Waals surface area (Å²) in [4.78, 5) is 14.8. The van der Waals surface area contributed by atoms with Crippen LogP contribution in [-0.4, -0.2) is 18.9 Å². The summed E-state index contributed by atoms with van der Waals surface area (Å²) in [5.41, 5.74) is 6.56. The molecule has 1 aromatic heterocycles. The molecule has 1 aliphatic heterocycles. The topological polar surface area (TPSA) is 46.3 Å². The first-order valence-corrected chi connectivity index (χ1v) is 7.02. The summed E-state index contributed by atoms with van der Waals surface area (Å²) >= 11 is 1.54. The van der Waals surface area contributed by atoms with E-state index in [4.69, 9.17) is 5.73 Å². The van der Waals surface area contributed by atoms with Crippen molar-refractivity contribution in [2.24, 2.45) is 11.8 Å². The number of ketones is 1. The smallest absolute Gasteiger partial charge is 0.174 e. The number of rotatable bonds is 3. The zero-order valence-electron chi connectivity index (χ0n) is 10.7. The summed E-state index contributed by atoms with van der Waals surface area (Å²) in [6.45, 7) is 8.57. The van der Waals surface area contributed by atoms with Crippen LogP contribution in [0.3, 0.4) is 0 Å². The Morgan fingerprint density at radius 3 is 2.59 bits per heavy atom. The van der Waals surface area contributed by atoms with Crippen LogP contribution < -0.4 is 10.6 Å². The Balaban J connectivity index is 2.21. The summed E-state index contributed by atoms with van der Waals surface area (Å²) < 4.78 is 0. The maximum Gasteiger partial charge on any atom is 0.174 e. The first-order chi connectivity index (χ1) is 8.02. The first-order valence-electron chi connectivity index (χ1n) is 6.20. The van der Waals surface area contributed by atoms with E-state index in [-0.39, 0.29) is 5.78 Å². The van der Waals surface area contributed by atoms with Crippen LogP contribution in [0.5, 0.6) is 0 Å². The lowest BCUT2D eigenvalue weighted by atomic mass is 10.0. The minimum atomic E-state index is 0.152. The molecule has 2 unspecified atom stereocenters. The summed E-state index contributed by atoms with van der Waals surface area (Å²) in [6, 6.07) is 1.96. The van der Waals surface area contributed by atoms with Gasteiger partial charge in [0.25, 0.3) is 0 Å². The highest BCUT2D eigenvalue weighted by molar-refractivity contribution is 7.18. The maximum absolute atomic E-state index is 11.7. The van der Waals surface area contributed by atoms with E-state index in [2.05, 4.69) is 18.7 Å². The van der Waals surface area contributed by atoms with Crippen molar-refractivity contribution in [3.05, 3.63) is 10.9 Å². The molecule has 2 N–H and O–H groups in total. The molecule has 0 aromatic carbocycles. The SMILES string of the molecule is CCC(=O)c1sc(N2CC(C)C(C)C2)cc1N. The third-order valence-electron chi connectivity index (χ3n) is 3.62. The van der Waals surface area contributed by atoms with E-state index in [1.807, 2.05) is 13.0 Å². The number of hydrogen-bond donors (Lipinski definition) is 1. The molecule has 4 heteroatoms. The van der Waals surface area contributed by atoms with Crippen LogP contribution in [0.1, 0.15) is 36.9 Å². The van der Waals surface area contributed by atoms with E-state index in [0.717, 1.165) is 23.0 Å². The molecule has 0 radical (unpaired) electrons. The molecule has 17 heavy (non-hydrogen) atoms. The molecule has 0 spiro atoms. The zero-order valence-corrected chi connectivity index (χ0v) is 11.5. The van der Waals surface area contributed by atoms with Gasteiger partial charge in [0.2, 0.25) is 0 Å². The van der Waals surface area contributed by atoms with E-state index in [1.54, 1.807) is 11.3 Å². The second-order valence-corrected chi connectivity index (χ2v) is 6.04. The fraction of sp³-hybridized carbons (Fsp3) is 0.615. The van der Waals surface area contributed by atoms with Crippen molar-refractivity contribution in [1.82, 2.24) is 0 Å². The van der Waals surface area contributed by atoms with Gasteiger partial charge in [0.1, 0.15) is 0 Å². The number of Topliss-reactive ketones (excluding diaryl/α,β-unsaturated/α-hetero) is 1. The van der Waals surface area contributed by atoms with Crippen LogP contribution in [0.15, 0.2) is 6.07 Å². The van der Waals surface area contributed by atoms with Crippen LogP contribution in [0, 0.1) is 11.8 Å². The van der Waals surface area contributed by atoms with Crippen molar-refractivity contribution in [2.45, 2.75) is 27.2 Å². The number of nitrogen functional groups attached to an aromatic ring is 1.